The van der Waals surface area contributed by atoms with Crippen molar-refractivity contribution in [2.75, 3.05) is 10.6 Å². The molecule has 0 saturated carbocycles. The highest BCUT2D eigenvalue weighted by atomic mass is 35.5. The Morgan fingerprint density at radius 2 is 2.04 bits per heavy atom. The molecular weight excluding hydrogens is 369 g/mol. The Hall–Kier alpha value is -3.32. The second-order valence-electron chi connectivity index (χ2n) is 5.60. The molecule has 0 unspecified atom stereocenters. The van der Waals surface area contributed by atoms with E-state index >= 15 is 0 Å². The van der Waals surface area contributed by atoms with Crippen molar-refractivity contribution in [3.63, 3.8) is 0 Å². The van der Waals surface area contributed by atoms with E-state index in [-0.39, 0.29) is 11.5 Å². The lowest BCUT2D eigenvalue weighted by Crippen LogP contribution is -2.09. The van der Waals surface area contributed by atoms with E-state index in [0.717, 1.165) is 6.08 Å². The van der Waals surface area contributed by atoms with Crippen LogP contribution in [-0.2, 0) is 4.79 Å². The Labute approximate surface area is 160 Å². The smallest absolute Gasteiger partial charge is 0.248 e. The summed E-state index contributed by atoms with van der Waals surface area (Å²) in [5.74, 6) is -0.437. The average molecular weight is 384 g/mol. The zero-order chi connectivity index (χ0) is 19.4. The van der Waals surface area contributed by atoms with Crippen molar-refractivity contribution in [2.45, 2.75) is 6.92 Å². The van der Waals surface area contributed by atoms with Gasteiger partial charge in [0, 0.05) is 28.5 Å². The number of carbonyl (C=O) groups excluding carboxylic acids is 1. The van der Waals surface area contributed by atoms with Crippen molar-refractivity contribution >= 4 is 34.7 Å². The van der Waals surface area contributed by atoms with E-state index in [1.807, 2.05) is 0 Å². The van der Waals surface area contributed by atoms with Crippen LogP contribution in [0.1, 0.15) is 5.69 Å². The second-order valence-corrected chi connectivity index (χ2v) is 6.04. The number of aromatic nitrogens is 3. The molecule has 27 heavy (non-hydrogen) atoms. The highest BCUT2D eigenvalue weighted by Crippen LogP contribution is 2.28. The number of hydrogen-bond acceptors (Lipinski definition) is 5. The number of amides is 1. The summed E-state index contributed by atoms with van der Waals surface area (Å²) in [7, 11) is 0. The summed E-state index contributed by atoms with van der Waals surface area (Å²) in [4.78, 5) is 15.5. The number of rotatable bonds is 5. The number of nitrogens with one attached hydrogen (secondary N) is 2. The Balaban J connectivity index is 1.92. The van der Waals surface area contributed by atoms with Gasteiger partial charge in [0.05, 0.1) is 17.1 Å². The number of carbonyl (C=O) groups is 1. The molecule has 0 bridgehead atoms. The van der Waals surface area contributed by atoms with E-state index in [9.17, 15) is 9.18 Å². The summed E-state index contributed by atoms with van der Waals surface area (Å²) in [6.07, 6.45) is 2.70. The average Bonchev–Trinajstić information content (AvgIpc) is 2.66. The van der Waals surface area contributed by atoms with Gasteiger partial charge in [-0.3, -0.25) is 4.79 Å². The van der Waals surface area contributed by atoms with Crippen molar-refractivity contribution in [2.24, 2.45) is 0 Å². The molecule has 2 N–H and O–H groups in total. The van der Waals surface area contributed by atoms with Crippen LogP contribution in [0.15, 0.2) is 55.3 Å². The lowest BCUT2D eigenvalue weighted by Gasteiger charge is -2.11. The molecule has 0 saturated heterocycles. The minimum absolute atomic E-state index is 0.256. The first-order chi connectivity index (χ1) is 13.0. The predicted octanol–water partition coefficient (Wildman–Crippen LogP) is 4.51. The van der Waals surface area contributed by atoms with Crippen molar-refractivity contribution in [1.82, 2.24) is 15.2 Å². The number of nitrogens with zero attached hydrogens (tertiary/aromatic N) is 3. The SMILES string of the molecule is C=CC(=O)Nc1cc(Nc2cc(-c3cc(Cl)ccc3F)nnc2C)ccn1. The van der Waals surface area contributed by atoms with Crippen LogP contribution < -0.4 is 10.6 Å². The molecule has 3 aromatic rings. The summed E-state index contributed by atoms with van der Waals surface area (Å²) in [5.41, 5.74) is 2.52. The molecule has 2 heterocycles. The molecule has 0 radical (unpaired) electrons. The third-order valence-corrected chi connectivity index (χ3v) is 3.89. The van der Waals surface area contributed by atoms with Crippen LogP contribution in [0.25, 0.3) is 11.3 Å². The van der Waals surface area contributed by atoms with Crippen LogP contribution in [0.5, 0.6) is 0 Å². The summed E-state index contributed by atoms with van der Waals surface area (Å²) in [5, 5.41) is 14.3. The number of aryl methyl sites for hydroxylation is 1. The van der Waals surface area contributed by atoms with E-state index in [0.29, 0.717) is 33.6 Å². The molecule has 1 amide bonds. The van der Waals surface area contributed by atoms with Gasteiger partial charge in [0.1, 0.15) is 11.6 Å². The molecule has 1 aromatic carbocycles. The van der Waals surface area contributed by atoms with Crippen molar-refractivity contribution in [1.29, 1.82) is 0 Å². The van der Waals surface area contributed by atoms with Gasteiger partial charge in [-0.2, -0.15) is 10.2 Å². The molecule has 0 spiro atoms. The summed E-state index contributed by atoms with van der Waals surface area (Å²) >= 11 is 5.96. The van der Waals surface area contributed by atoms with Crippen LogP contribution in [0.4, 0.5) is 21.6 Å². The zero-order valence-corrected chi connectivity index (χ0v) is 15.1. The molecule has 0 fully saturated rings. The first-order valence-corrected chi connectivity index (χ1v) is 8.30. The standard InChI is InChI=1S/C19H15ClFN5O/c1-3-19(27)24-18-9-13(6-7-22-18)23-16-10-17(26-25-11(16)2)14-8-12(20)4-5-15(14)21/h3-10H,1H2,2H3,(H2,22,23,24,26,27). The van der Waals surface area contributed by atoms with Gasteiger partial charge in [-0.15, -0.1) is 0 Å². The number of hydrogen-bond donors (Lipinski definition) is 2. The maximum Gasteiger partial charge on any atom is 0.248 e. The van der Waals surface area contributed by atoms with Gasteiger partial charge in [0.2, 0.25) is 5.91 Å². The molecule has 0 aliphatic carbocycles. The molecule has 0 aliphatic heterocycles. The van der Waals surface area contributed by atoms with Crippen molar-refractivity contribution in [3.8, 4) is 11.3 Å². The maximum atomic E-state index is 14.1. The van der Waals surface area contributed by atoms with Gasteiger partial charge < -0.3 is 10.6 Å². The van der Waals surface area contributed by atoms with Crippen molar-refractivity contribution in [3.05, 3.63) is 71.8 Å². The highest BCUT2D eigenvalue weighted by molar-refractivity contribution is 6.30. The van der Waals surface area contributed by atoms with Gasteiger partial charge in [-0.1, -0.05) is 18.2 Å². The first kappa shape index (κ1) is 18.5. The van der Waals surface area contributed by atoms with Gasteiger partial charge in [0.25, 0.3) is 0 Å². The van der Waals surface area contributed by atoms with Crippen molar-refractivity contribution < 1.29 is 9.18 Å². The Morgan fingerprint density at radius 3 is 2.81 bits per heavy atom. The molecule has 8 heteroatoms. The molecule has 0 aliphatic rings. The van der Waals surface area contributed by atoms with Crippen LogP contribution >= 0.6 is 11.6 Å². The van der Waals surface area contributed by atoms with Crippen LogP contribution in [0.3, 0.4) is 0 Å². The molecular formula is C19H15ClFN5O. The summed E-state index contributed by atoms with van der Waals surface area (Å²) < 4.78 is 14.1. The highest BCUT2D eigenvalue weighted by Gasteiger charge is 2.11. The first-order valence-electron chi connectivity index (χ1n) is 7.92. The monoisotopic (exact) mass is 383 g/mol. The zero-order valence-electron chi connectivity index (χ0n) is 14.3. The molecule has 3 rings (SSSR count). The summed E-state index contributed by atoms with van der Waals surface area (Å²) in [6.45, 7) is 5.17. The van der Waals surface area contributed by atoms with Gasteiger partial charge >= 0.3 is 0 Å². The van der Waals surface area contributed by atoms with Crippen LogP contribution in [0.2, 0.25) is 5.02 Å². The fraction of sp³-hybridized carbons (Fsp3) is 0.0526. The fourth-order valence-electron chi connectivity index (χ4n) is 2.31. The van der Waals surface area contributed by atoms with Gasteiger partial charge in [0.15, 0.2) is 0 Å². The summed E-state index contributed by atoms with van der Waals surface area (Å²) in [6, 6.07) is 9.31. The lowest BCUT2D eigenvalue weighted by molar-refractivity contribution is -0.111. The van der Waals surface area contributed by atoms with E-state index in [4.69, 9.17) is 11.6 Å². The minimum Gasteiger partial charge on any atom is -0.354 e. The topological polar surface area (TPSA) is 79.8 Å². The third kappa shape index (κ3) is 4.45. The maximum absolute atomic E-state index is 14.1. The molecule has 136 valence electrons. The lowest BCUT2D eigenvalue weighted by atomic mass is 10.1. The number of benzene rings is 1. The largest absolute Gasteiger partial charge is 0.354 e. The fourth-order valence-corrected chi connectivity index (χ4v) is 2.49. The Morgan fingerprint density at radius 1 is 1.22 bits per heavy atom. The Kier molecular flexibility index (Phi) is 5.42. The molecule has 6 nitrogen and oxygen atoms in total. The van der Waals surface area contributed by atoms with Gasteiger partial charge in [-0.25, -0.2) is 9.37 Å². The van der Waals surface area contributed by atoms with E-state index in [2.05, 4.69) is 32.4 Å². The number of halogens is 2. The van der Waals surface area contributed by atoms with Crippen LogP contribution in [0, 0.1) is 12.7 Å². The quantitative estimate of drug-likeness (QED) is 0.634. The van der Waals surface area contributed by atoms with E-state index < -0.39 is 5.82 Å². The Bertz CT molecular complexity index is 1020. The third-order valence-electron chi connectivity index (χ3n) is 3.66. The van der Waals surface area contributed by atoms with Crippen LogP contribution in [-0.4, -0.2) is 21.1 Å². The second kappa shape index (κ2) is 7.92. The molecule has 2 aromatic heterocycles. The van der Waals surface area contributed by atoms with Gasteiger partial charge in [-0.05, 0) is 43.3 Å². The normalized spacial score (nSPS) is 10.3. The molecule has 0 atom stereocenters. The predicted molar refractivity (Wildman–Crippen MR) is 104 cm³/mol. The number of anilines is 3. The number of pyridine rings is 1. The van der Waals surface area contributed by atoms with E-state index in [1.54, 1.807) is 31.3 Å². The minimum atomic E-state index is -0.443. The van der Waals surface area contributed by atoms with E-state index in [1.165, 1.54) is 18.2 Å².